The second-order valence-electron chi connectivity index (χ2n) is 7.33. The van der Waals surface area contributed by atoms with Crippen molar-refractivity contribution in [2.45, 2.75) is 26.3 Å². The highest BCUT2D eigenvalue weighted by Crippen LogP contribution is 2.41. The third-order valence-electron chi connectivity index (χ3n) is 5.55. The van der Waals surface area contributed by atoms with Crippen molar-refractivity contribution >= 4 is 28.4 Å². The lowest BCUT2D eigenvalue weighted by atomic mass is 9.94. The smallest absolute Gasteiger partial charge is 0.343 e. The predicted octanol–water partition coefficient (Wildman–Crippen LogP) is 2.52. The van der Waals surface area contributed by atoms with Gasteiger partial charge in [-0.3, -0.25) is 9.59 Å². The summed E-state index contributed by atoms with van der Waals surface area (Å²) in [7, 11) is 1.20. The van der Waals surface area contributed by atoms with Gasteiger partial charge in [-0.1, -0.05) is 6.08 Å². The van der Waals surface area contributed by atoms with Gasteiger partial charge in [0.15, 0.2) is 5.75 Å². The van der Waals surface area contributed by atoms with E-state index < -0.39 is 17.2 Å². The lowest BCUT2D eigenvalue weighted by Gasteiger charge is -2.31. The number of ether oxygens (including phenoxy) is 2. The fourth-order valence-electron chi connectivity index (χ4n) is 3.96. The number of nitrogens with zero attached hydrogens (tertiary/aromatic N) is 2. The molecule has 29 heavy (non-hydrogen) atoms. The minimum absolute atomic E-state index is 0.0325. The van der Waals surface area contributed by atoms with E-state index in [1.807, 2.05) is 13.0 Å². The lowest BCUT2D eigenvalue weighted by molar-refractivity contribution is -0.128. The summed E-state index contributed by atoms with van der Waals surface area (Å²) in [6, 6.07) is 1.01. The van der Waals surface area contributed by atoms with E-state index in [0.717, 1.165) is 5.57 Å². The van der Waals surface area contributed by atoms with Gasteiger partial charge in [0.1, 0.15) is 18.0 Å². The first-order chi connectivity index (χ1) is 13.8. The minimum atomic E-state index is -0.760. The van der Waals surface area contributed by atoms with Crippen LogP contribution in [0, 0.1) is 5.82 Å². The summed E-state index contributed by atoms with van der Waals surface area (Å²) in [5, 5.41) is 0.0810. The summed E-state index contributed by atoms with van der Waals surface area (Å²) in [5.74, 6) is -1.08. The van der Waals surface area contributed by atoms with Gasteiger partial charge in [0.2, 0.25) is 11.3 Å². The Hall–Kier alpha value is -3.16. The average molecular weight is 400 g/mol. The molecule has 1 unspecified atom stereocenters. The zero-order chi connectivity index (χ0) is 20.9. The van der Waals surface area contributed by atoms with Crippen molar-refractivity contribution in [2.24, 2.45) is 0 Å². The van der Waals surface area contributed by atoms with Crippen molar-refractivity contribution in [3.05, 3.63) is 45.5 Å². The number of esters is 1. The third kappa shape index (κ3) is 2.99. The number of amides is 1. The van der Waals surface area contributed by atoms with Crippen LogP contribution in [0.1, 0.15) is 42.2 Å². The Bertz CT molecular complexity index is 1130. The Morgan fingerprint density at radius 2 is 2.10 bits per heavy atom. The molecule has 1 aromatic heterocycles. The van der Waals surface area contributed by atoms with Gasteiger partial charge in [-0.15, -0.1) is 0 Å². The van der Waals surface area contributed by atoms with Crippen LogP contribution in [0.2, 0.25) is 0 Å². The van der Waals surface area contributed by atoms with Crippen molar-refractivity contribution in [1.82, 2.24) is 9.47 Å². The van der Waals surface area contributed by atoms with E-state index in [0.29, 0.717) is 36.3 Å². The third-order valence-corrected chi connectivity index (χ3v) is 5.55. The molecule has 0 aliphatic carbocycles. The van der Waals surface area contributed by atoms with Gasteiger partial charge < -0.3 is 18.9 Å². The molecule has 152 valence electrons. The van der Waals surface area contributed by atoms with E-state index >= 15 is 4.39 Å². The summed E-state index contributed by atoms with van der Waals surface area (Å²) >= 11 is 0. The fraction of sp³-hybridized carbons (Fsp3) is 0.381. The standard InChI is InChI=1S/C21H21FN2O5/c1-11-10-29-20-17(13-4-6-23(7-5-13)12(2)25)16(22)8-14-18(20)24(11)9-15(19(14)26)21(27)28-3/h4,8-9,11H,5-7,10H2,1-3H3. The van der Waals surface area contributed by atoms with Gasteiger partial charge in [-0.2, -0.15) is 0 Å². The highest BCUT2D eigenvalue weighted by molar-refractivity contribution is 5.97. The normalized spacial score (nSPS) is 18.3. The lowest BCUT2D eigenvalue weighted by Crippen LogP contribution is -2.33. The van der Waals surface area contributed by atoms with Crippen LogP contribution in [-0.4, -0.2) is 48.1 Å². The monoisotopic (exact) mass is 400 g/mol. The maximum atomic E-state index is 15.2. The fourth-order valence-corrected chi connectivity index (χ4v) is 3.96. The molecule has 0 fully saturated rings. The minimum Gasteiger partial charge on any atom is -0.488 e. The SMILES string of the molecule is COC(=O)c1cn2c3c(c(C4=CCN(C(C)=O)CC4)c(F)cc3c1=O)OCC2C. The molecule has 4 rings (SSSR count). The molecule has 0 saturated carbocycles. The van der Waals surface area contributed by atoms with Gasteiger partial charge >= 0.3 is 5.97 Å². The molecule has 0 spiro atoms. The zero-order valence-electron chi connectivity index (χ0n) is 16.5. The number of carbonyl (C=O) groups is 2. The number of benzene rings is 1. The highest BCUT2D eigenvalue weighted by Gasteiger charge is 2.30. The van der Waals surface area contributed by atoms with E-state index in [1.54, 1.807) is 9.47 Å². The molecule has 0 saturated heterocycles. The Balaban J connectivity index is 1.97. The number of hydrogen-bond acceptors (Lipinski definition) is 5. The van der Waals surface area contributed by atoms with Crippen LogP contribution in [0.15, 0.2) is 23.1 Å². The van der Waals surface area contributed by atoms with Crippen LogP contribution in [0.5, 0.6) is 5.75 Å². The second-order valence-corrected chi connectivity index (χ2v) is 7.33. The summed E-state index contributed by atoms with van der Waals surface area (Å²) in [6.45, 7) is 4.55. The molecule has 1 amide bonds. The van der Waals surface area contributed by atoms with Crippen LogP contribution >= 0.6 is 0 Å². The number of hydrogen-bond donors (Lipinski definition) is 0. The maximum Gasteiger partial charge on any atom is 0.343 e. The summed E-state index contributed by atoms with van der Waals surface area (Å²) < 4.78 is 27.6. The topological polar surface area (TPSA) is 77.8 Å². The quantitative estimate of drug-likeness (QED) is 0.724. The number of methoxy groups -OCH3 is 1. The van der Waals surface area contributed by atoms with Crippen LogP contribution in [0.4, 0.5) is 4.39 Å². The Morgan fingerprint density at radius 1 is 1.34 bits per heavy atom. The summed E-state index contributed by atoms with van der Waals surface area (Å²) in [5.41, 5.74) is 0.787. The van der Waals surface area contributed by atoms with Crippen LogP contribution in [0.3, 0.4) is 0 Å². The number of rotatable bonds is 2. The number of halogens is 1. The van der Waals surface area contributed by atoms with Gasteiger partial charge in [-0.25, -0.2) is 9.18 Å². The molecule has 2 aromatic rings. The molecule has 1 atom stereocenters. The Morgan fingerprint density at radius 3 is 2.72 bits per heavy atom. The van der Waals surface area contributed by atoms with Gasteiger partial charge in [0.25, 0.3) is 0 Å². The Kier molecular flexibility index (Phi) is 4.64. The maximum absolute atomic E-state index is 15.2. The molecule has 3 heterocycles. The van der Waals surface area contributed by atoms with Crippen molar-refractivity contribution < 1.29 is 23.5 Å². The van der Waals surface area contributed by atoms with Crippen LogP contribution < -0.4 is 10.2 Å². The number of aromatic nitrogens is 1. The molecular formula is C21H21FN2O5. The van der Waals surface area contributed by atoms with Crippen molar-refractivity contribution in [3.8, 4) is 5.75 Å². The van der Waals surface area contributed by atoms with E-state index in [1.165, 1.54) is 26.3 Å². The van der Waals surface area contributed by atoms with Crippen molar-refractivity contribution in [1.29, 1.82) is 0 Å². The van der Waals surface area contributed by atoms with Crippen LogP contribution in [-0.2, 0) is 9.53 Å². The van der Waals surface area contributed by atoms with Crippen molar-refractivity contribution in [3.63, 3.8) is 0 Å². The van der Waals surface area contributed by atoms with E-state index in [4.69, 9.17) is 9.47 Å². The van der Waals surface area contributed by atoms with E-state index in [-0.39, 0.29) is 29.5 Å². The molecule has 7 nitrogen and oxygen atoms in total. The first kappa shape index (κ1) is 19.2. The second kappa shape index (κ2) is 7.02. The largest absolute Gasteiger partial charge is 0.488 e. The highest BCUT2D eigenvalue weighted by atomic mass is 19.1. The Labute approximate surface area is 166 Å². The first-order valence-electron chi connectivity index (χ1n) is 9.40. The molecule has 0 bridgehead atoms. The van der Waals surface area contributed by atoms with Crippen LogP contribution in [0.25, 0.3) is 16.5 Å². The van der Waals surface area contributed by atoms with E-state index in [9.17, 15) is 14.4 Å². The van der Waals surface area contributed by atoms with E-state index in [2.05, 4.69) is 0 Å². The summed E-state index contributed by atoms with van der Waals surface area (Å²) in [4.78, 5) is 38.1. The van der Waals surface area contributed by atoms with Gasteiger partial charge in [0, 0.05) is 26.2 Å². The molecule has 0 N–H and O–H groups in total. The summed E-state index contributed by atoms with van der Waals surface area (Å²) in [6.07, 6.45) is 3.76. The molecule has 1 aromatic carbocycles. The molecular weight excluding hydrogens is 379 g/mol. The molecule has 8 heteroatoms. The molecule has 2 aliphatic rings. The first-order valence-corrected chi connectivity index (χ1v) is 9.40. The average Bonchev–Trinajstić information content (AvgIpc) is 2.71. The van der Waals surface area contributed by atoms with Gasteiger partial charge in [0.05, 0.1) is 29.6 Å². The molecule has 2 aliphatic heterocycles. The van der Waals surface area contributed by atoms with Gasteiger partial charge in [-0.05, 0) is 25.0 Å². The zero-order valence-corrected chi connectivity index (χ0v) is 16.5. The van der Waals surface area contributed by atoms with Crippen molar-refractivity contribution in [2.75, 3.05) is 26.8 Å². The predicted molar refractivity (Wildman–Crippen MR) is 105 cm³/mol. The number of pyridine rings is 1. The molecule has 0 radical (unpaired) electrons. The number of carbonyl (C=O) groups excluding carboxylic acids is 2.